The Kier molecular flexibility index (Phi) is 7.36. The average molecular weight is 350 g/mol. The summed E-state index contributed by atoms with van der Waals surface area (Å²) >= 11 is 0. The fraction of sp³-hybridized carbons (Fsp3) is 0.688. The van der Waals surface area contributed by atoms with Gasteiger partial charge in [-0.3, -0.25) is 19.0 Å². The van der Waals surface area contributed by atoms with Gasteiger partial charge in [-0.1, -0.05) is 43.0 Å². The second-order valence-corrected chi connectivity index (χ2v) is 6.24. The Hall–Kier alpha value is -2.45. The molecule has 0 aliphatic rings. The van der Waals surface area contributed by atoms with Crippen LogP contribution >= 0.6 is 0 Å². The summed E-state index contributed by atoms with van der Waals surface area (Å²) in [6, 6.07) is 0.124. The third-order valence-electron chi connectivity index (χ3n) is 3.93. The van der Waals surface area contributed by atoms with Gasteiger partial charge in [-0.15, -0.1) is 5.10 Å². The number of aromatic nitrogens is 5. The first-order valence-corrected chi connectivity index (χ1v) is 8.84. The molecule has 9 heteroatoms. The quantitative estimate of drug-likeness (QED) is 0.595. The number of hydrogen-bond donors (Lipinski definition) is 2. The summed E-state index contributed by atoms with van der Waals surface area (Å²) in [7, 11) is 0. The molecule has 25 heavy (non-hydrogen) atoms. The lowest BCUT2D eigenvalue weighted by molar-refractivity contribution is 0.0932. The monoisotopic (exact) mass is 350 g/mol. The molecule has 138 valence electrons. The van der Waals surface area contributed by atoms with E-state index < -0.39 is 5.76 Å². The van der Waals surface area contributed by atoms with E-state index in [9.17, 15) is 9.59 Å². The number of hydrogen-bond acceptors (Lipinski definition) is 6. The first kappa shape index (κ1) is 18.9. The van der Waals surface area contributed by atoms with Gasteiger partial charge in [0.2, 0.25) is 0 Å². The summed E-state index contributed by atoms with van der Waals surface area (Å²) < 4.78 is 6.04. The minimum atomic E-state index is -0.557. The first-order chi connectivity index (χ1) is 12.1. The highest BCUT2D eigenvalue weighted by atomic mass is 16.5. The summed E-state index contributed by atoms with van der Waals surface area (Å²) in [6.45, 7) is 4.76. The smallest absolute Gasteiger partial charge is 0.348 e. The highest BCUT2D eigenvalue weighted by Crippen LogP contribution is 2.06. The Morgan fingerprint density at radius 2 is 2.20 bits per heavy atom. The van der Waals surface area contributed by atoms with Crippen LogP contribution in [0.15, 0.2) is 15.5 Å². The molecule has 0 bridgehead atoms. The van der Waals surface area contributed by atoms with Crippen LogP contribution in [-0.2, 0) is 13.0 Å². The van der Waals surface area contributed by atoms with Crippen LogP contribution in [0.3, 0.4) is 0 Å². The lowest BCUT2D eigenvalue weighted by Crippen LogP contribution is -2.32. The van der Waals surface area contributed by atoms with Crippen LogP contribution in [0.4, 0.5) is 0 Å². The Morgan fingerprint density at radius 3 is 2.92 bits per heavy atom. The molecule has 0 radical (unpaired) electrons. The number of carbonyl (C=O) groups is 1. The van der Waals surface area contributed by atoms with Crippen molar-refractivity contribution in [1.82, 2.24) is 30.5 Å². The molecule has 0 aliphatic carbocycles. The minimum Gasteiger partial charge on any atom is -0.348 e. The number of nitrogens with one attached hydrogen (secondary N) is 2. The largest absolute Gasteiger partial charge is 0.438 e. The van der Waals surface area contributed by atoms with Gasteiger partial charge in [-0.25, -0.2) is 4.79 Å². The number of nitrogens with zero attached hydrogens (tertiary/aromatic N) is 4. The molecule has 2 heterocycles. The summed E-state index contributed by atoms with van der Waals surface area (Å²) in [5.74, 6) is -0.256. The van der Waals surface area contributed by atoms with Crippen molar-refractivity contribution in [2.24, 2.45) is 0 Å². The lowest BCUT2D eigenvalue weighted by atomic mass is 10.1. The molecule has 1 atom stereocenters. The van der Waals surface area contributed by atoms with Crippen molar-refractivity contribution in [3.05, 3.63) is 28.3 Å². The number of H-pyrrole nitrogens is 1. The minimum absolute atomic E-state index is 0.124. The van der Waals surface area contributed by atoms with Crippen molar-refractivity contribution >= 4 is 5.91 Å². The maximum atomic E-state index is 12.2. The van der Waals surface area contributed by atoms with E-state index in [0.717, 1.165) is 12.8 Å². The SMILES string of the molecule is CCCCCCC(C)NC(=O)c1cn(CCCc2noc(=O)[nH]2)nn1. The second-order valence-electron chi connectivity index (χ2n) is 6.24. The molecule has 2 aromatic rings. The normalized spacial score (nSPS) is 12.2. The van der Waals surface area contributed by atoms with Gasteiger partial charge in [0.25, 0.3) is 5.91 Å². The van der Waals surface area contributed by atoms with Gasteiger partial charge in [0.1, 0.15) is 0 Å². The molecule has 9 nitrogen and oxygen atoms in total. The van der Waals surface area contributed by atoms with Crippen LogP contribution in [0.2, 0.25) is 0 Å². The molecule has 2 N–H and O–H groups in total. The number of rotatable bonds is 11. The first-order valence-electron chi connectivity index (χ1n) is 8.84. The molecule has 0 saturated carbocycles. The van der Waals surface area contributed by atoms with E-state index in [1.165, 1.54) is 19.3 Å². The number of amides is 1. The average Bonchev–Trinajstić information content (AvgIpc) is 3.21. The maximum Gasteiger partial charge on any atom is 0.438 e. The van der Waals surface area contributed by atoms with Gasteiger partial charge < -0.3 is 5.32 Å². The summed E-state index contributed by atoms with van der Waals surface area (Å²) in [4.78, 5) is 25.5. The fourth-order valence-electron chi connectivity index (χ4n) is 2.54. The third kappa shape index (κ3) is 6.52. The summed E-state index contributed by atoms with van der Waals surface area (Å²) in [5, 5.41) is 14.4. The van der Waals surface area contributed by atoms with Crippen LogP contribution in [0.5, 0.6) is 0 Å². The van der Waals surface area contributed by atoms with Gasteiger partial charge in [0.05, 0.1) is 6.20 Å². The van der Waals surface area contributed by atoms with Crippen molar-refractivity contribution in [1.29, 1.82) is 0 Å². The Bertz CT molecular complexity index is 705. The Labute approximate surface area is 146 Å². The molecule has 0 aromatic carbocycles. The molecule has 0 aliphatic heterocycles. The zero-order chi connectivity index (χ0) is 18.1. The molecule has 1 unspecified atom stereocenters. The number of unbranched alkanes of at least 4 members (excludes halogenated alkanes) is 3. The van der Waals surface area contributed by atoms with Gasteiger partial charge in [0.15, 0.2) is 11.5 Å². The highest BCUT2D eigenvalue weighted by molar-refractivity contribution is 5.92. The van der Waals surface area contributed by atoms with E-state index in [0.29, 0.717) is 30.9 Å². The predicted octanol–water partition coefficient (Wildman–Crippen LogP) is 1.68. The molecule has 0 saturated heterocycles. The number of carbonyl (C=O) groups excluding carboxylic acids is 1. The molecular formula is C16H26N6O3. The van der Waals surface area contributed by atoms with Crippen molar-refractivity contribution in [2.45, 2.75) is 71.4 Å². The van der Waals surface area contributed by atoms with Crippen LogP contribution < -0.4 is 11.1 Å². The van der Waals surface area contributed by atoms with Crippen molar-refractivity contribution < 1.29 is 9.32 Å². The summed E-state index contributed by atoms with van der Waals surface area (Å²) in [6.07, 6.45) is 8.60. The second kappa shape index (κ2) is 9.75. The molecular weight excluding hydrogens is 324 g/mol. The molecule has 2 rings (SSSR count). The fourth-order valence-corrected chi connectivity index (χ4v) is 2.54. The van der Waals surface area contributed by atoms with Gasteiger partial charge in [-0.05, 0) is 19.8 Å². The third-order valence-corrected chi connectivity index (χ3v) is 3.93. The van der Waals surface area contributed by atoms with E-state index in [1.54, 1.807) is 10.9 Å². The molecule has 1 amide bonds. The van der Waals surface area contributed by atoms with Crippen LogP contribution in [0, 0.1) is 0 Å². The van der Waals surface area contributed by atoms with E-state index in [4.69, 9.17) is 0 Å². The van der Waals surface area contributed by atoms with E-state index in [1.807, 2.05) is 6.92 Å². The standard InChI is InChI=1S/C16H26N6O3/c1-3-4-5-6-8-12(2)17-15(23)13-11-22(21-19-13)10-7-9-14-18-16(24)25-20-14/h11-12H,3-10H2,1-2H3,(H,17,23)(H,18,20,24). The highest BCUT2D eigenvalue weighted by Gasteiger charge is 2.13. The number of aromatic amines is 1. The maximum absolute atomic E-state index is 12.2. The lowest BCUT2D eigenvalue weighted by Gasteiger charge is -2.12. The van der Waals surface area contributed by atoms with Crippen molar-refractivity contribution in [3.63, 3.8) is 0 Å². The number of aryl methyl sites for hydroxylation is 2. The van der Waals surface area contributed by atoms with E-state index in [2.05, 4.69) is 37.2 Å². The topological polar surface area (TPSA) is 119 Å². The van der Waals surface area contributed by atoms with Gasteiger partial charge in [0, 0.05) is 19.0 Å². The zero-order valence-corrected chi connectivity index (χ0v) is 14.8. The Balaban J connectivity index is 1.71. The molecule has 2 aromatic heterocycles. The molecule has 0 fully saturated rings. The van der Waals surface area contributed by atoms with Crippen LogP contribution in [0.25, 0.3) is 0 Å². The van der Waals surface area contributed by atoms with Crippen LogP contribution in [-0.4, -0.2) is 37.1 Å². The van der Waals surface area contributed by atoms with E-state index >= 15 is 0 Å². The van der Waals surface area contributed by atoms with Gasteiger partial charge >= 0.3 is 5.76 Å². The van der Waals surface area contributed by atoms with Gasteiger partial charge in [-0.2, -0.15) is 0 Å². The van der Waals surface area contributed by atoms with E-state index in [-0.39, 0.29) is 11.9 Å². The molecule has 0 spiro atoms. The van der Waals surface area contributed by atoms with Crippen LogP contribution in [0.1, 0.15) is 68.7 Å². The summed E-state index contributed by atoms with van der Waals surface area (Å²) in [5.41, 5.74) is 0.315. The van der Waals surface area contributed by atoms with Crippen molar-refractivity contribution in [3.8, 4) is 0 Å². The van der Waals surface area contributed by atoms with Crippen molar-refractivity contribution in [2.75, 3.05) is 0 Å². The zero-order valence-electron chi connectivity index (χ0n) is 14.8. The predicted molar refractivity (Wildman–Crippen MR) is 91.2 cm³/mol. The Morgan fingerprint density at radius 1 is 1.36 bits per heavy atom.